The van der Waals surface area contributed by atoms with E-state index in [9.17, 15) is 4.79 Å². The molecule has 0 unspecified atom stereocenters. The molecule has 1 N–H and O–H groups in total. The molecule has 5 heteroatoms. The van der Waals surface area contributed by atoms with Crippen molar-refractivity contribution in [1.29, 1.82) is 0 Å². The zero-order chi connectivity index (χ0) is 18.4. The van der Waals surface area contributed by atoms with Gasteiger partial charge in [0, 0.05) is 12.1 Å². The highest BCUT2D eigenvalue weighted by atomic mass is 16.5. The van der Waals surface area contributed by atoms with Gasteiger partial charge in [0.25, 0.3) is 0 Å². The second-order valence-corrected chi connectivity index (χ2v) is 5.92. The second-order valence-electron chi connectivity index (χ2n) is 5.92. The van der Waals surface area contributed by atoms with E-state index in [4.69, 9.17) is 14.2 Å². The zero-order valence-corrected chi connectivity index (χ0v) is 15.4. The molecule has 0 aliphatic heterocycles. The molecule has 0 saturated heterocycles. The maximum absolute atomic E-state index is 12.3. The number of nitrogens with one attached hydrogen (secondary N) is 1. The number of carbonyl (C=O) groups is 1. The van der Waals surface area contributed by atoms with Crippen LogP contribution in [0.25, 0.3) is 0 Å². The Hall–Kier alpha value is -2.69. The minimum Gasteiger partial charge on any atom is -0.496 e. The molecule has 0 bridgehead atoms. The van der Waals surface area contributed by atoms with Gasteiger partial charge in [0.1, 0.15) is 5.75 Å². The first-order valence-corrected chi connectivity index (χ1v) is 8.10. The van der Waals surface area contributed by atoms with Crippen LogP contribution in [0.1, 0.15) is 22.3 Å². The maximum Gasteiger partial charge on any atom is 0.224 e. The van der Waals surface area contributed by atoms with Crippen LogP contribution in [0.4, 0.5) is 0 Å². The van der Waals surface area contributed by atoms with Crippen LogP contribution in [0.5, 0.6) is 17.2 Å². The summed E-state index contributed by atoms with van der Waals surface area (Å²) >= 11 is 0. The predicted octanol–water partition coefficient (Wildman–Crippen LogP) is 3.19. The number of benzene rings is 2. The van der Waals surface area contributed by atoms with Gasteiger partial charge in [0.05, 0.1) is 27.8 Å². The van der Waals surface area contributed by atoms with Crippen molar-refractivity contribution in [3.05, 3.63) is 52.6 Å². The summed E-state index contributed by atoms with van der Waals surface area (Å²) in [6.07, 6.45) is 0.277. The van der Waals surface area contributed by atoms with Gasteiger partial charge in [-0.15, -0.1) is 0 Å². The van der Waals surface area contributed by atoms with Gasteiger partial charge in [0.2, 0.25) is 5.91 Å². The summed E-state index contributed by atoms with van der Waals surface area (Å²) in [5, 5.41) is 2.94. The van der Waals surface area contributed by atoms with Crippen molar-refractivity contribution in [3.63, 3.8) is 0 Å². The van der Waals surface area contributed by atoms with Gasteiger partial charge in [-0.2, -0.15) is 0 Å². The maximum atomic E-state index is 12.3. The van der Waals surface area contributed by atoms with E-state index < -0.39 is 0 Å². The van der Waals surface area contributed by atoms with Gasteiger partial charge in [-0.1, -0.05) is 23.8 Å². The average molecular weight is 343 g/mol. The number of aryl methyl sites for hydroxylation is 2. The highest BCUT2D eigenvalue weighted by Gasteiger charge is 2.12. The lowest BCUT2D eigenvalue weighted by Crippen LogP contribution is -2.24. The lowest BCUT2D eigenvalue weighted by Gasteiger charge is -2.13. The van der Waals surface area contributed by atoms with Crippen LogP contribution >= 0.6 is 0 Å². The molecule has 0 heterocycles. The van der Waals surface area contributed by atoms with E-state index in [-0.39, 0.29) is 12.3 Å². The molecule has 25 heavy (non-hydrogen) atoms. The van der Waals surface area contributed by atoms with Gasteiger partial charge < -0.3 is 19.5 Å². The highest BCUT2D eigenvalue weighted by molar-refractivity contribution is 5.79. The Kier molecular flexibility index (Phi) is 6.28. The third kappa shape index (κ3) is 4.66. The van der Waals surface area contributed by atoms with Gasteiger partial charge in [-0.25, -0.2) is 0 Å². The topological polar surface area (TPSA) is 56.8 Å². The number of hydrogen-bond donors (Lipinski definition) is 1. The molecule has 2 rings (SSSR count). The fourth-order valence-electron chi connectivity index (χ4n) is 2.89. The van der Waals surface area contributed by atoms with Crippen LogP contribution < -0.4 is 19.5 Å². The van der Waals surface area contributed by atoms with Crippen molar-refractivity contribution < 1.29 is 19.0 Å². The molecule has 0 radical (unpaired) electrons. The molecule has 0 fully saturated rings. The van der Waals surface area contributed by atoms with Crippen LogP contribution in [-0.2, 0) is 17.8 Å². The molecule has 0 spiro atoms. The molecule has 2 aromatic carbocycles. The average Bonchev–Trinajstić information content (AvgIpc) is 2.59. The Bertz CT molecular complexity index is 756. The first-order chi connectivity index (χ1) is 12.0. The standard InChI is InChI=1S/C20H25NO4/c1-13-8-14(2)20(25-5)16(9-13)11-19(22)21-12-15-6-7-17(23-3)18(10-15)24-4/h6-10H,11-12H2,1-5H3,(H,21,22). The van der Waals surface area contributed by atoms with E-state index in [1.54, 1.807) is 21.3 Å². The molecular weight excluding hydrogens is 318 g/mol. The van der Waals surface area contributed by atoms with E-state index in [1.165, 1.54) is 0 Å². The quantitative estimate of drug-likeness (QED) is 0.839. The lowest BCUT2D eigenvalue weighted by atomic mass is 10.0. The number of carbonyl (C=O) groups excluding carboxylic acids is 1. The van der Waals surface area contributed by atoms with Crippen molar-refractivity contribution >= 4 is 5.91 Å². The fraction of sp³-hybridized carbons (Fsp3) is 0.350. The van der Waals surface area contributed by atoms with Crippen molar-refractivity contribution in [1.82, 2.24) is 5.32 Å². The largest absolute Gasteiger partial charge is 0.496 e. The summed E-state index contributed by atoms with van der Waals surface area (Å²) in [5.74, 6) is 2.02. The summed E-state index contributed by atoms with van der Waals surface area (Å²) < 4.78 is 15.9. The number of hydrogen-bond acceptors (Lipinski definition) is 4. The minimum atomic E-state index is -0.0573. The highest BCUT2D eigenvalue weighted by Crippen LogP contribution is 2.28. The molecule has 0 saturated carbocycles. The fourth-order valence-corrected chi connectivity index (χ4v) is 2.89. The summed E-state index contributed by atoms with van der Waals surface area (Å²) in [6, 6.07) is 9.62. The minimum absolute atomic E-state index is 0.0573. The molecule has 0 aromatic heterocycles. The van der Waals surface area contributed by atoms with E-state index in [2.05, 4.69) is 5.32 Å². The van der Waals surface area contributed by atoms with Crippen LogP contribution in [0, 0.1) is 13.8 Å². The van der Waals surface area contributed by atoms with E-state index >= 15 is 0 Å². The van der Waals surface area contributed by atoms with E-state index in [1.807, 2.05) is 44.2 Å². The second kappa shape index (κ2) is 8.42. The Balaban J connectivity index is 2.04. The molecule has 5 nitrogen and oxygen atoms in total. The zero-order valence-electron chi connectivity index (χ0n) is 15.4. The summed E-state index contributed by atoms with van der Waals surface area (Å²) in [7, 11) is 4.81. The summed E-state index contributed by atoms with van der Waals surface area (Å²) in [5.41, 5.74) is 3.98. The van der Waals surface area contributed by atoms with Gasteiger partial charge in [-0.3, -0.25) is 4.79 Å². The van der Waals surface area contributed by atoms with Gasteiger partial charge in [0.15, 0.2) is 11.5 Å². The third-order valence-electron chi connectivity index (χ3n) is 3.99. The molecule has 0 aliphatic carbocycles. The molecule has 134 valence electrons. The first kappa shape index (κ1) is 18.6. The van der Waals surface area contributed by atoms with Crippen molar-refractivity contribution in [2.75, 3.05) is 21.3 Å². The van der Waals surface area contributed by atoms with E-state index in [0.717, 1.165) is 28.0 Å². The summed E-state index contributed by atoms with van der Waals surface area (Å²) in [4.78, 5) is 12.3. The normalized spacial score (nSPS) is 10.3. The number of ether oxygens (including phenoxy) is 3. The first-order valence-electron chi connectivity index (χ1n) is 8.10. The van der Waals surface area contributed by atoms with Gasteiger partial charge >= 0.3 is 0 Å². The third-order valence-corrected chi connectivity index (χ3v) is 3.99. The molecule has 0 aliphatic rings. The number of rotatable bonds is 7. The number of methoxy groups -OCH3 is 3. The molecule has 1 amide bonds. The monoisotopic (exact) mass is 343 g/mol. The smallest absolute Gasteiger partial charge is 0.224 e. The molecular formula is C20H25NO4. The van der Waals surface area contributed by atoms with Crippen molar-refractivity contribution in [3.8, 4) is 17.2 Å². The van der Waals surface area contributed by atoms with Crippen LogP contribution in [0.3, 0.4) is 0 Å². The lowest BCUT2D eigenvalue weighted by molar-refractivity contribution is -0.120. The molecule has 0 atom stereocenters. The van der Waals surface area contributed by atoms with E-state index in [0.29, 0.717) is 18.0 Å². The Morgan fingerprint density at radius 3 is 2.32 bits per heavy atom. The van der Waals surface area contributed by atoms with Crippen LogP contribution in [0.2, 0.25) is 0 Å². The molecule has 2 aromatic rings. The Morgan fingerprint density at radius 1 is 0.960 bits per heavy atom. The Labute approximate surface area is 148 Å². The SMILES string of the molecule is COc1ccc(CNC(=O)Cc2cc(C)cc(C)c2OC)cc1OC. The predicted molar refractivity (Wildman–Crippen MR) is 97.6 cm³/mol. The summed E-state index contributed by atoms with van der Waals surface area (Å²) in [6.45, 7) is 4.42. The van der Waals surface area contributed by atoms with Crippen LogP contribution in [-0.4, -0.2) is 27.2 Å². The van der Waals surface area contributed by atoms with Gasteiger partial charge in [-0.05, 0) is 37.1 Å². The Morgan fingerprint density at radius 2 is 1.68 bits per heavy atom. The number of amides is 1. The van der Waals surface area contributed by atoms with Crippen molar-refractivity contribution in [2.45, 2.75) is 26.8 Å². The van der Waals surface area contributed by atoms with Crippen molar-refractivity contribution in [2.24, 2.45) is 0 Å². The van der Waals surface area contributed by atoms with Crippen LogP contribution in [0.15, 0.2) is 30.3 Å².